The van der Waals surface area contributed by atoms with E-state index in [1.54, 1.807) is 0 Å². The average Bonchev–Trinajstić information content (AvgIpc) is 2.50. The van der Waals surface area contributed by atoms with Crippen molar-refractivity contribution >= 4 is 11.7 Å². The van der Waals surface area contributed by atoms with Crippen LogP contribution in [-0.2, 0) is 56.6 Å². The van der Waals surface area contributed by atoms with Crippen molar-refractivity contribution in [3.8, 4) is 0 Å². The fourth-order valence-electron chi connectivity index (χ4n) is 2.66. The van der Waals surface area contributed by atoms with Crippen LogP contribution in [0, 0.1) is 13.8 Å². The quantitative estimate of drug-likeness (QED) is 0.727. The number of primary amides is 1. The monoisotopic (exact) mass is 440 g/mol. The number of aryl methyl sites for hydroxylation is 2. The van der Waals surface area contributed by atoms with Crippen LogP contribution in [0.15, 0.2) is 36.7 Å². The molecule has 0 fully saturated rings. The van der Waals surface area contributed by atoms with Crippen LogP contribution < -0.4 is 10.3 Å². The number of carbonyl (C=O) groups is 2. The second-order valence-electron chi connectivity index (χ2n) is 5.89. The first-order valence-corrected chi connectivity index (χ1v) is 7.56. The van der Waals surface area contributed by atoms with Gasteiger partial charge in [-0.2, -0.15) is 17.7 Å². The Morgan fingerprint density at radius 2 is 1.69 bits per heavy atom. The number of amides is 1. The molecule has 0 bridgehead atoms. The number of halogens is 3. The van der Waals surface area contributed by atoms with Crippen molar-refractivity contribution in [1.82, 2.24) is 0 Å². The van der Waals surface area contributed by atoms with E-state index in [9.17, 15) is 22.8 Å². The maximum Gasteiger partial charge on any atom is 0.422 e. The fraction of sp³-hybridized carbons (Fsp3) is 0.278. The molecule has 1 radical (unpaired) electrons. The number of benzene rings is 1. The second kappa shape index (κ2) is 8.86. The zero-order valence-corrected chi connectivity index (χ0v) is 17.3. The van der Waals surface area contributed by atoms with Crippen LogP contribution >= 0.6 is 0 Å². The first-order valence-electron chi connectivity index (χ1n) is 7.56. The Bertz CT molecular complexity index is 815. The minimum Gasteiger partial charge on any atom is -0.366 e. The molecule has 1 heterocycles. The molecule has 0 saturated carbocycles. The van der Waals surface area contributed by atoms with Gasteiger partial charge in [-0.05, 0) is 30.5 Å². The molecule has 0 saturated heterocycles. The number of hydrogen-bond acceptors (Lipinski definition) is 2. The molecule has 2 rings (SSSR count). The van der Waals surface area contributed by atoms with E-state index in [2.05, 4.69) is 0 Å². The van der Waals surface area contributed by atoms with Crippen LogP contribution in [0.2, 0.25) is 0 Å². The molecule has 0 unspecified atom stereocenters. The smallest absolute Gasteiger partial charge is 0.366 e. The first-order chi connectivity index (χ1) is 11.6. The van der Waals surface area contributed by atoms with Crippen LogP contribution in [0.1, 0.15) is 32.6 Å². The van der Waals surface area contributed by atoms with Crippen LogP contribution in [0.5, 0.6) is 0 Å². The van der Waals surface area contributed by atoms with E-state index in [0.29, 0.717) is 0 Å². The number of pyridine rings is 1. The number of Topliss-reactive ketones (excluding diaryl/α,β-unsaturated/α-hetero) is 1. The number of aromatic nitrogens is 1. The second-order valence-corrected chi connectivity index (χ2v) is 5.89. The van der Waals surface area contributed by atoms with Gasteiger partial charge in [0.05, 0.1) is 5.56 Å². The molecule has 0 aliphatic carbocycles. The van der Waals surface area contributed by atoms with Gasteiger partial charge in [-0.1, -0.05) is 18.2 Å². The number of hydrogen-bond donors (Lipinski definition) is 1. The Kier molecular flexibility index (Phi) is 7.65. The largest absolute Gasteiger partial charge is 0.422 e. The minimum atomic E-state index is -4.73. The summed E-state index contributed by atoms with van der Waals surface area (Å²) < 4.78 is 40.3. The van der Waals surface area contributed by atoms with Crippen LogP contribution in [0.4, 0.5) is 13.2 Å². The number of alkyl halides is 3. The van der Waals surface area contributed by atoms with Gasteiger partial charge in [0.25, 0.3) is 0 Å². The van der Waals surface area contributed by atoms with E-state index in [1.807, 2.05) is 32.0 Å². The van der Waals surface area contributed by atoms with E-state index >= 15 is 0 Å². The third kappa shape index (κ3) is 5.45. The Hall–Kier alpha value is -1.60. The van der Waals surface area contributed by atoms with Crippen LogP contribution in [0.3, 0.4) is 0 Å². The SMILES string of the molecule is Cc1cccc(C)c1CC(=O)C[n+]1ccc(C(N)=O)c(C(F)(F)F)c1.[Y]. The molecule has 26 heavy (non-hydrogen) atoms. The molecule has 2 aromatic rings. The van der Waals surface area contributed by atoms with Crippen molar-refractivity contribution < 1.29 is 60.0 Å². The summed E-state index contributed by atoms with van der Waals surface area (Å²) in [6.07, 6.45) is -2.62. The maximum atomic E-state index is 13.1. The van der Waals surface area contributed by atoms with Crippen LogP contribution in [-0.4, -0.2) is 11.7 Å². The van der Waals surface area contributed by atoms with E-state index in [4.69, 9.17) is 5.73 Å². The summed E-state index contributed by atoms with van der Waals surface area (Å²) in [5.74, 6) is -1.40. The minimum absolute atomic E-state index is 0. The van der Waals surface area contributed by atoms with E-state index in [-0.39, 0.29) is 51.5 Å². The molecule has 1 aromatic carbocycles. The van der Waals surface area contributed by atoms with Gasteiger partial charge in [0.1, 0.15) is 5.56 Å². The molecular weight excluding hydrogens is 422 g/mol. The molecule has 1 aromatic heterocycles. The number of carbonyl (C=O) groups excluding carboxylic acids is 2. The molecular formula is C18H18F3N2O2Y+. The molecule has 135 valence electrons. The van der Waals surface area contributed by atoms with E-state index < -0.39 is 23.2 Å². The van der Waals surface area contributed by atoms with Crippen molar-refractivity contribution in [2.24, 2.45) is 5.73 Å². The number of nitrogens with zero attached hydrogens (tertiary/aromatic N) is 1. The standard InChI is InChI=1S/C18H17F3N2O2.Y/c1-11-4-3-5-12(2)15(11)8-13(24)9-23-7-6-14(17(22)25)16(10-23)18(19,20)21;/h3-7,10H,8-9H2,1-2H3,(H-,22,25);/p+1. The van der Waals surface area contributed by atoms with Crippen LogP contribution in [0.25, 0.3) is 0 Å². The molecule has 8 heteroatoms. The predicted molar refractivity (Wildman–Crippen MR) is 84.8 cm³/mol. The number of nitrogens with two attached hydrogens (primary N) is 1. The molecule has 1 amide bonds. The summed E-state index contributed by atoms with van der Waals surface area (Å²) in [4.78, 5) is 23.4. The zero-order valence-electron chi connectivity index (χ0n) is 14.4. The normalized spacial score (nSPS) is 11.0. The average molecular weight is 440 g/mol. The number of ketones is 1. The summed E-state index contributed by atoms with van der Waals surface area (Å²) >= 11 is 0. The summed E-state index contributed by atoms with van der Waals surface area (Å²) in [7, 11) is 0. The summed E-state index contributed by atoms with van der Waals surface area (Å²) in [6.45, 7) is 3.54. The van der Waals surface area contributed by atoms with E-state index in [0.717, 1.165) is 33.5 Å². The summed E-state index contributed by atoms with van der Waals surface area (Å²) in [5, 5.41) is 0. The van der Waals surface area contributed by atoms with Gasteiger partial charge in [-0.3, -0.25) is 9.59 Å². The maximum absolute atomic E-state index is 13.1. The first kappa shape index (κ1) is 22.4. The Balaban J connectivity index is 0.00000338. The molecule has 0 atom stereocenters. The van der Waals surface area contributed by atoms with E-state index in [1.165, 1.54) is 6.20 Å². The third-order valence-electron chi connectivity index (χ3n) is 3.97. The fourth-order valence-corrected chi connectivity index (χ4v) is 2.66. The summed E-state index contributed by atoms with van der Waals surface area (Å²) in [6, 6.07) is 6.63. The van der Waals surface area contributed by atoms with Crippen molar-refractivity contribution in [2.45, 2.75) is 33.0 Å². The Morgan fingerprint density at radius 3 is 2.19 bits per heavy atom. The van der Waals surface area contributed by atoms with Gasteiger partial charge >= 0.3 is 6.18 Å². The Morgan fingerprint density at radius 1 is 1.12 bits per heavy atom. The van der Waals surface area contributed by atoms with Gasteiger partial charge in [0, 0.05) is 45.2 Å². The van der Waals surface area contributed by atoms with Crippen molar-refractivity contribution in [3.05, 3.63) is 64.5 Å². The van der Waals surface area contributed by atoms with Gasteiger partial charge in [-0.25, -0.2) is 0 Å². The van der Waals surface area contributed by atoms with Gasteiger partial charge in [0.2, 0.25) is 18.2 Å². The summed E-state index contributed by atoms with van der Waals surface area (Å²) in [5.41, 5.74) is 6.00. The van der Waals surface area contributed by atoms with Gasteiger partial charge < -0.3 is 5.73 Å². The molecule has 0 aliphatic rings. The molecule has 2 N–H and O–H groups in total. The molecule has 0 spiro atoms. The Labute approximate surface area is 174 Å². The topological polar surface area (TPSA) is 64.0 Å². The van der Waals surface area contributed by atoms with Crippen molar-refractivity contribution in [2.75, 3.05) is 0 Å². The zero-order chi connectivity index (χ0) is 18.8. The third-order valence-corrected chi connectivity index (χ3v) is 3.97. The molecule has 4 nitrogen and oxygen atoms in total. The van der Waals surface area contributed by atoms with Crippen molar-refractivity contribution in [1.29, 1.82) is 0 Å². The number of rotatable bonds is 5. The van der Waals surface area contributed by atoms with Crippen molar-refractivity contribution in [3.63, 3.8) is 0 Å². The van der Waals surface area contributed by atoms with Gasteiger partial charge in [0.15, 0.2) is 12.4 Å². The van der Waals surface area contributed by atoms with Gasteiger partial charge in [-0.15, -0.1) is 0 Å². The molecule has 0 aliphatic heterocycles. The predicted octanol–water partition coefficient (Wildman–Crippen LogP) is 2.52.